The molecule has 1 aromatic rings. The summed E-state index contributed by atoms with van der Waals surface area (Å²) < 4.78 is 4.69. The van der Waals surface area contributed by atoms with Crippen molar-refractivity contribution in [1.82, 2.24) is 4.98 Å². The molecule has 18 heavy (non-hydrogen) atoms. The van der Waals surface area contributed by atoms with Gasteiger partial charge in [0, 0.05) is 6.20 Å². The van der Waals surface area contributed by atoms with Crippen LogP contribution < -0.4 is 0 Å². The molecule has 1 aliphatic rings. The van der Waals surface area contributed by atoms with Crippen LogP contribution in [0.2, 0.25) is 0 Å². The predicted octanol–water partition coefficient (Wildman–Crippen LogP) is 2.27. The summed E-state index contributed by atoms with van der Waals surface area (Å²) in [6, 6.07) is 3.60. The molecule has 4 nitrogen and oxygen atoms in total. The van der Waals surface area contributed by atoms with Crippen molar-refractivity contribution in [3.63, 3.8) is 0 Å². The van der Waals surface area contributed by atoms with Crippen LogP contribution in [0.15, 0.2) is 18.3 Å². The Balaban J connectivity index is 1.72. The highest BCUT2D eigenvalue weighted by atomic mass is 32.2. The lowest BCUT2D eigenvalue weighted by Gasteiger charge is -2.12. The SMILES string of the molecule is COC(=O)CC1(CSCC(=O)c2ccc[nH]2)CC1. The van der Waals surface area contributed by atoms with Gasteiger partial charge in [-0.1, -0.05) is 0 Å². The van der Waals surface area contributed by atoms with Gasteiger partial charge >= 0.3 is 5.97 Å². The highest BCUT2D eigenvalue weighted by Crippen LogP contribution is 2.51. The van der Waals surface area contributed by atoms with Crippen molar-refractivity contribution in [3.8, 4) is 0 Å². The summed E-state index contributed by atoms with van der Waals surface area (Å²) in [7, 11) is 1.42. The molecule has 1 fully saturated rings. The van der Waals surface area contributed by atoms with E-state index < -0.39 is 0 Å². The fraction of sp³-hybridized carbons (Fsp3) is 0.538. The third-order valence-electron chi connectivity index (χ3n) is 3.24. The number of Topliss-reactive ketones (excluding diaryl/α,β-unsaturated/α-hetero) is 1. The molecule has 0 unspecified atom stereocenters. The van der Waals surface area contributed by atoms with Crippen molar-refractivity contribution < 1.29 is 14.3 Å². The molecule has 1 saturated carbocycles. The number of nitrogens with one attached hydrogen (secondary N) is 1. The Labute approximate surface area is 110 Å². The second kappa shape index (κ2) is 5.61. The van der Waals surface area contributed by atoms with Crippen LogP contribution in [0.5, 0.6) is 0 Å². The van der Waals surface area contributed by atoms with Gasteiger partial charge < -0.3 is 9.72 Å². The van der Waals surface area contributed by atoms with E-state index in [0.717, 1.165) is 18.6 Å². The number of ether oxygens (including phenoxy) is 1. The van der Waals surface area contributed by atoms with Crippen LogP contribution in [0.4, 0.5) is 0 Å². The van der Waals surface area contributed by atoms with Crippen LogP contribution >= 0.6 is 11.8 Å². The predicted molar refractivity (Wildman–Crippen MR) is 70.7 cm³/mol. The normalized spacial score (nSPS) is 16.3. The Morgan fingerprint density at radius 2 is 2.28 bits per heavy atom. The summed E-state index contributed by atoms with van der Waals surface area (Å²) in [5, 5.41) is 0. The van der Waals surface area contributed by atoms with Crippen molar-refractivity contribution in [1.29, 1.82) is 0 Å². The van der Waals surface area contributed by atoms with Crippen LogP contribution in [0.25, 0.3) is 0 Å². The molecule has 0 atom stereocenters. The summed E-state index contributed by atoms with van der Waals surface area (Å²) in [6.45, 7) is 0. The maximum absolute atomic E-state index is 11.7. The minimum atomic E-state index is -0.149. The molecule has 0 bridgehead atoms. The van der Waals surface area contributed by atoms with Crippen LogP contribution in [0.3, 0.4) is 0 Å². The van der Waals surface area contributed by atoms with E-state index in [2.05, 4.69) is 4.98 Å². The number of carbonyl (C=O) groups excluding carboxylic acids is 2. The van der Waals surface area contributed by atoms with E-state index in [1.165, 1.54) is 7.11 Å². The van der Waals surface area contributed by atoms with Crippen molar-refractivity contribution in [2.75, 3.05) is 18.6 Å². The van der Waals surface area contributed by atoms with Crippen LogP contribution in [-0.4, -0.2) is 35.4 Å². The molecule has 1 N–H and O–H groups in total. The monoisotopic (exact) mass is 267 g/mol. The van der Waals surface area contributed by atoms with Crippen molar-refractivity contribution in [3.05, 3.63) is 24.0 Å². The zero-order valence-electron chi connectivity index (χ0n) is 10.4. The second-order valence-corrected chi connectivity index (χ2v) is 5.74. The van der Waals surface area contributed by atoms with Gasteiger partial charge in [-0.2, -0.15) is 11.8 Å². The first-order valence-corrected chi connectivity index (χ1v) is 7.12. The molecule has 1 heterocycles. The highest BCUT2D eigenvalue weighted by Gasteiger charge is 2.44. The van der Waals surface area contributed by atoms with Gasteiger partial charge in [-0.15, -0.1) is 0 Å². The fourth-order valence-electron chi connectivity index (χ4n) is 1.87. The Morgan fingerprint density at radius 1 is 1.50 bits per heavy atom. The maximum atomic E-state index is 11.7. The summed E-state index contributed by atoms with van der Waals surface area (Å²) in [5.74, 6) is 1.28. The Bertz CT molecular complexity index is 423. The quantitative estimate of drug-likeness (QED) is 0.608. The number of thioether (sulfide) groups is 1. The molecule has 0 saturated heterocycles. The van der Waals surface area contributed by atoms with Gasteiger partial charge in [-0.3, -0.25) is 9.59 Å². The Hall–Kier alpha value is -1.23. The summed E-state index contributed by atoms with van der Waals surface area (Å²) in [4.78, 5) is 25.9. The standard InChI is InChI=1S/C13H17NO3S/c1-17-12(16)7-13(4-5-13)9-18-8-11(15)10-3-2-6-14-10/h2-3,6,14H,4-5,7-9H2,1H3. The molecule has 0 aliphatic heterocycles. The molecular weight excluding hydrogens is 250 g/mol. The molecule has 5 heteroatoms. The summed E-state index contributed by atoms with van der Waals surface area (Å²) >= 11 is 1.60. The minimum absolute atomic E-state index is 0.0910. The molecule has 0 amide bonds. The summed E-state index contributed by atoms with van der Waals surface area (Å²) in [6.07, 6.45) is 4.35. The first-order valence-electron chi connectivity index (χ1n) is 5.96. The van der Waals surface area contributed by atoms with E-state index in [1.807, 2.05) is 6.07 Å². The van der Waals surface area contributed by atoms with E-state index in [9.17, 15) is 9.59 Å². The Morgan fingerprint density at radius 3 is 2.83 bits per heavy atom. The van der Waals surface area contributed by atoms with Crippen LogP contribution in [0, 0.1) is 5.41 Å². The molecule has 1 aromatic heterocycles. The van der Waals surface area contributed by atoms with Gasteiger partial charge in [-0.25, -0.2) is 0 Å². The number of ketones is 1. The molecule has 0 aromatic carbocycles. The first kappa shape index (κ1) is 13.2. The van der Waals surface area contributed by atoms with Gasteiger partial charge in [0.2, 0.25) is 0 Å². The number of aromatic nitrogens is 1. The molecule has 0 radical (unpaired) electrons. The van der Waals surface area contributed by atoms with Crippen molar-refractivity contribution in [2.24, 2.45) is 5.41 Å². The molecule has 2 rings (SSSR count). The fourth-order valence-corrected chi connectivity index (χ4v) is 3.14. The lowest BCUT2D eigenvalue weighted by atomic mass is 10.1. The second-order valence-electron chi connectivity index (χ2n) is 4.75. The molecule has 0 spiro atoms. The van der Waals surface area contributed by atoms with Crippen LogP contribution in [-0.2, 0) is 9.53 Å². The number of rotatable bonds is 7. The number of esters is 1. The lowest BCUT2D eigenvalue weighted by molar-refractivity contribution is -0.141. The average Bonchev–Trinajstić information content (AvgIpc) is 2.92. The van der Waals surface area contributed by atoms with Crippen molar-refractivity contribution in [2.45, 2.75) is 19.3 Å². The number of methoxy groups -OCH3 is 1. The van der Waals surface area contributed by atoms with Gasteiger partial charge in [0.15, 0.2) is 5.78 Å². The maximum Gasteiger partial charge on any atom is 0.306 e. The molecule has 1 aliphatic carbocycles. The van der Waals surface area contributed by atoms with E-state index >= 15 is 0 Å². The zero-order chi connectivity index (χ0) is 13.0. The number of H-pyrrole nitrogens is 1. The van der Waals surface area contributed by atoms with E-state index in [1.54, 1.807) is 24.0 Å². The average molecular weight is 267 g/mol. The van der Waals surface area contributed by atoms with Gasteiger partial charge in [0.05, 0.1) is 25.0 Å². The Kier molecular flexibility index (Phi) is 4.11. The van der Waals surface area contributed by atoms with Gasteiger partial charge in [-0.05, 0) is 36.1 Å². The number of hydrogen-bond donors (Lipinski definition) is 1. The smallest absolute Gasteiger partial charge is 0.306 e. The molecule has 98 valence electrons. The third kappa shape index (κ3) is 3.38. The van der Waals surface area contributed by atoms with E-state index in [0.29, 0.717) is 17.9 Å². The first-order chi connectivity index (χ1) is 8.65. The van der Waals surface area contributed by atoms with Gasteiger partial charge in [0.25, 0.3) is 0 Å². The van der Waals surface area contributed by atoms with Gasteiger partial charge in [0.1, 0.15) is 0 Å². The molecular formula is C13H17NO3S. The van der Waals surface area contributed by atoms with E-state index in [4.69, 9.17) is 4.74 Å². The highest BCUT2D eigenvalue weighted by molar-refractivity contribution is 8.00. The summed E-state index contributed by atoms with van der Waals surface area (Å²) in [5.41, 5.74) is 0.744. The topological polar surface area (TPSA) is 59.2 Å². The largest absolute Gasteiger partial charge is 0.469 e. The van der Waals surface area contributed by atoms with E-state index in [-0.39, 0.29) is 17.2 Å². The number of aromatic amines is 1. The lowest BCUT2D eigenvalue weighted by Crippen LogP contribution is -2.14. The zero-order valence-corrected chi connectivity index (χ0v) is 11.2. The number of hydrogen-bond acceptors (Lipinski definition) is 4. The van der Waals surface area contributed by atoms with Crippen molar-refractivity contribution >= 4 is 23.5 Å². The minimum Gasteiger partial charge on any atom is -0.469 e. The number of carbonyl (C=O) groups is 2. The van der Waals surface area contributed by atoms with Crippen LogP contribution in [0.1, 0.15) is 29.8 Å². The third-order valence-corrected chi connectivity index (χ3v) is 4.53.